The van der Waals surface area contributed by atoms with Gasteiger partial charge in [0.25, 0.3) is 0 Å². The van der Waals surface area contributed by atoms with Gasteiger partial charge in [0.1, 0.15) is 4.90 Å². The van der Waals surface area contributed by atoms with Gasteiger partial charge < -0.3 is 4.74 Å². The minimum Gasteiger partial charge on any atom is -0.385 e. The Bertz CT molecular complexity index is 529. The zero-order valence-electron chi connectivity index (χ0n) is 10.6. The van der Waals surface area contributed by atoms with Crippen LogP contribution in [-0.4, -0.2) is 38.6 Å². The van der Waals surface area contributed by atoms with Crippen molar-refractivity contribution >= 4 is 21.6 Å². The number of methoxy groups -OCH3 is 1. The molecule has 2 rings (SSSR count). The topological polar surface area (TPSA) is 81.2 Å². The van der Waals surface area contributed by atoms with Gasteiger partial charge in [-0.3, -0.25) is 0 Å². The summed E-state index contributed by atoms with van der Waals surface area (Å²) in [4.78, 5) is 7.37. The average molecular weight is 306 g/mol. The Labute approximate surface area is 117 Å². The Morgan fingerprint density at radius 1 is 1.42 bits per heavy atom. The molecule has 6 nitrogen and oxygen atoms in total. The molecule has 0 unspecified atom stereocenters. The van der Waals surface area contributed by atoms with Crippen LogP contribution in [0.4, 0.5) is 0 Å². The number of halogens is 1. The molecule has 1 heterocycles. The zero-order valence-corrected chi connectivity index (χ0v) is 12.2. The number of hydrogen-bond acceptors (Lipinski definition) is 5. The van der Waals surface area contributed by atoms with E-state index in [0.29, 0.717) is 13.2 Å². The summed E-state index contributed by atoms with van der Waals surface area (Å²) >= 11 is 5.53. The molecule has 0 saturated heterocycles. The molecule has 0 bridgehead atoms. The summed E-state index contributed by atoms with van der Waals surface area (Å²) in [5.74, 6) is 0. The van der Waals surface area contributed by atoms with Crippen molar-refractivity contribution in [2.75, 3.05) is 20.3 Å². The van der Waals surface area contributed by atoms with Crippen molar-refractivity contribution in [1.29, 1.82) is 0 Å². The molecule has 1 aromatic heterocycles. The fourth-order valence-corrected chi connectivity index (χ4v) is 2.92. The molecule has 1 aliphatic rings. The van der Waals surface area contributed by atoms with Crippen LogP contribution in [0.25, 0.3) is 0 Å². The van der Waals surface area contributed by atoms with Crippen molar-refractivity contribution in [2.45, 2.75) is 24.2 Å². The van der Waals surface area contributed by atoms with E-state index in [1.807, 2.05) is 0 Å². The average Bonchev–Trinajstić information content (AvgIpc) is 3.16. The van der Waals surface area contributed by atoms with Gasteiger partial charge in [0, 0.05) is 20.3 Å². The molecular weight excluding hydrogens is 290 g/mol. The van der Waals surface area contributed by atoms with E-state index in [0.717, 1.165) is 19.3 Å². The van der Waals surface area contributed by atoms with Crippen LogP contribution in [0.15, 0.2) is 17.3 Å². The molecule has 0 aromatic carbocycles. The first-order valence-electron chi connectivity index (χ1n) is 5.94. The molecule has 106 valence electrons. The zero-order chi connectivity index (χ0) is 13.9. The smallest absolute Gasteiger partial charge is 0.243 e. The third-order valence-electron chi connectivity index (χ3n) is 3.34. The van der Waals surface area contributed by atoms with Crippen molar-refractivity contribution < 1.29 is 13.2 Å². The molecule has 1 fully saturated rings. The van der Waals surface area contributed by atoms with Gasteiger partial charge in [-0.15, -0.1) is 0 Å². The molecular formula is C11H16ClN3O3S. The van der Waals surface area contributed by atoms with Crippen molar-refractivity contribution in [2.24, 2.45) is 5.41 Å². The lowest BCUT2D eigenvalue weighted by atomic mass is 10.0. The predicted octanol–water partition coefficient (Wildman–Crippen LogP) is 1.23. The maximum Gasteiger partial charge on any atom is 0.243 e. The first-order valence-corrected chi connectivity index (χ1v) is 7.80. The van der Waals surface area contributed by atoms with Crippen LogP contribution < -0.4 is 4.72 Å². The lowest BCUT2D eigenvalue weighted by molar-refractivity contribution is 0.173. The molecule has 0 amide bonds. The summed E-state index contributed by atoms with van der Waals surface area (Å²) in [7, 11) is -1.93. The van der Waals surface area contributed by atoms with E-state index < -0.39 is 10.0 Å². The van der Waals surface area contributed by atoms with E-state index in [9.17, 15) is 8.42 Å². The van der Waals surface area contributed by atoms with Gasteiger partial charge in [0.15, 0.2) is 0 Å². The van der Waals surface area contributed by atoms with Gasteiger partial charge >= 0.3 is 0 Å². The predicted molar refractivity (Wildman–Crippen MR) is 70.4 cm³/mol. The Hall–Kier alpha value is -0.760. The van der Waals surface area contributed by atoms with Crippen molar-refractivity contribution in [3.63, 3.8) is 0 Å². The number of hydrogen-bond donors (Lipinski definition) is 1. The van der Waals surface area contributed by atoms with Gasteiger partial charge in [0.05, 0.1) is 12.4 Å². The van der Waals surface area contributed by atoms with E-state index in [1.54, 1.807) is 7.11 Å². The quantitative estimate of drug-likeness (QED) is 0.766. The normalized spacial score (nSPS) is 17.4. The maximum absolute atomic E-state index is 12.0. The Balaban J connectivity index is 1.96. The Morgan fingerprint density at radius 2 is 2.05 bits per heavy atom. The second-order valence-electron chi connectivity index (χ2n) is 4.76. The Kier molecular flexibility index (Phi) is 4.39. The molecule has 0 aliphatic heterocycles. The molecule has 0 spiro atoms. The largest absolute Gasteiger partial charge is 0.385 e. The lowest BCUT2D eigenvalue weighted by Gasteiger charge is -2.15. The Morgan fingerprint density at radius 3 is 2.58 bits per heavy atom. The molecule has 0 atom stereocenters. The van der Waals surface area contributed by atoms with Crippen LogP contribution >= 0.6 is 11.6 Å². The minimum absolute atomic E-state index is 0.0257. The van der Waals surface area contributed by atoms with Crippen LogP contribution in [0.1, 0.15) is 19.3 Å². The van der Waals surface area contributed by atoms with Crippen LogP contribution in [0, 0.1) is 5.41 Å². The minimum atomic E-state index is -3.57. The van der Waals surface area contributed by atoms with Crippen LogP contribution in [0.5, 0.6) is 0 Å². The van der Waals surface area contributed by atoms with Crippen LogP contribution in [-0.2, 0) is 14.8 Å². The van der Waals surface area contributed by atoms with Crippen molar-refractivity contribution in [3.05, 3.63) is 17.7 Å². The van der Waals surface area contributed by atoms with Gasteiger partial charge in [0.2, 0.25) is 15.3 Å². The lowest BCUT2D eigenvalue weighted by Crippen LogP contribution is -2.31. The van der Waals surface area contributed by atoms with Crippen LogP contribution in [0.3, 0.4) is 0 Å². The number of nitrogens with one attached hydrogen (secondary N) is 1. The van der Waals surface area contributed by atoms with E-state index in [4.69, 9.17) is 16.3 Å². The van der Waals surface area contributed by atoms with Crippen molar-refractivity contribution in [1.82, 2.24) is 14.7 Å². The summed E-state index contributed by atoms with van der Waals surface area (Å²) in [6, 6.07) is 0. The van der Waals surface area contributed by atoms with Gasteiger partial charge in [-0.1, -0.05) is 0 Å². The molecule has 1 aliphatic carbocycles. The molecule has 19 heavy (non-hydrogen) atoms. The molecule has 1 saturated carbocycles. The number of ether oxygens (including phenoxy) is 1. The highest BCUT2D eigenvalue weighted by Gasteiger charge is 2.42. The highest BCUT2D eigenvalue weighted by molar-refractivity contribution is 7.89. The highest BCUT2D eigenvalue weighted by Crippen LogP contribution is 2.48. The first kappa shape index (κ1) is 14.6. The monoisotopic (exact) mass is 305 g/mol. The summed E-state index contributed by atoms with van der Waals surface area (Å²) in [6.07, 6.45) is 5.31. The highest BCUT2D eigenvalue weighted by atomic mass is 35.5. The molecule has 8 heteroatoms. The summed E-state index contributed by atoms with van der Waals surface area (Å²) in [5, 5.41) is 0.0257. The fourth-order valence-electron chi connectivity index (χ4n) is 1.78. The van der Waals surface area contributed by atoms with E-state index in [2.05, 4.69) is 14.7 Å². The third kappa shape index (κ3) is 3.85. The maximum atomic E-state index is 12.0. The van der Waals surface area contributed by atoms with Gasteiger partial charge in [-0.2, -0.15) is 0 Å². The molecule has 0 radical (unpaired) electrons. The van der Waals surface area contributed by atoms with Crippen LogP contribution in [0.2, 0.25) is 5.28 Å². The standard InChI is InChI=1S/C11H16ClN3O3S/c1-18-5-4-11(2-3-11)8-15-19(16,17)9-6-13-10(12)14-7-9/h6-7,15H,2-5,8H2,1H3. The van der Waals surface area contributed by atoms with Gasteiger partial charge in [-0.25, -0.2) is 23.1 Å². The number of rotatable bonds is 7. The first-order chi connectivity index (χ1) is 8.97. The van der Waals surface area contributed by atoms with E-state index in [-0.39, 0.29) is 15.6 Å². The fraction of sp³-hybridized carbons (Fsp3) is 0.636. The SMILES string of the molecule is COCCC1(CNS(=O)(=O)c2cnc(Cl)nc2)CC1. The number of sulfonamides is 1. The number of nitrogens with zero attached hydrogens (tertiary/aromatic N) is 2. The summed E-state index contributed by atoms with van der Waals surface area (Å²) in [5.41, 5.74) is 0.0519. The van der Waals surface area contributed by atoms with Crippen molar-refractivity contribution in [3.8, 4) is 0 Å². The molecule has 1 aromatic rings. The number of aromatic nitrogens is 2. The second-order valence-corrected chi connectivity index (χ2v) is 6.86. The third-order valence-corrected chi connectivity index (χ3v) is 4.89. The van der Waals surface area contributed by atoms with E-state index in [1.165, 1.54) is 12.4 Å². The second kappa shape index (κ2) is 5.70. The molecule has 1 N–H and O–H groups in total. The summed E-state index contributed by atoms with van der Waals surface area (Å²) < 4.78 is 31.7. The van der Waals surface area contributed by atoms with E-state index >= 15 is 0 Å². The van der Waals surface area contributed by atoms with Gasteiger partial charge in [-0.05, 0) is 36.3 Å². The summed E-state index contributed by atoms with van der Waals surface area (Å²) in [6.45, 7) is 1.06.